The van der Waals surface area contributed by atoms with E-state index in [-0.39, 0.29) is 12.2 Å². The van der Waals surface area contributed by atoms with Crippen LogP contribution in [-0.2, 0) is 6.61 Å². The first kappa shape index (κ1) is 14.1. The number of methoxy groups -OCH3 is 1. The minimum Gasteiger partial charge on any atom is -0.496 e. The maximum absolute atomic E-state index is 11.1. The Morgan fingerprint density at radius 2 is 2.15 bits per heavy atom. The average Bonchev–Trinajstić information content (AvgIpc) is 2.45. The second-order valence-electron chi connectivity index (χ2n) is 3.97. The summed E-state index contributed by atoms with van der Waals surface area (Å²) in [5.41, 5.74) is 0.806. The maximum Gasteiger partial charge on any atom is 0.339 e. The second kappa shape index (κ2) is 6.25. The Hall–Kier alpha value is -2.27. The summed E-state index contributed by atoms with van der Waals surface area (Å²) in [5, 5.41) is 9.57. The molecule has 0 saturated carbocycles. The number of halogens is 1. The fraction of sp³-hybridized carbons (Fsp3) is 0.143. The number of aromatic carboxylic acids is 1. The fourth-order valence-corrected chi connectivity index (χ4v) is 1.81. The Morgan fingerprint density at radius 1 is 1.35 bits per heavy atom. The van der Waals surface area contributed by atoms with Crippen LogP contribution < -0.4 is 9.47 Å². The lowest BCUT2D eigenvalue weighted by Crippen LogP contribution is -2.03. The van der Waals surface area contributed by atoms with Crippen LogP contribution >= 0.6 is 11.6 Å². The van der Waals surface area contributed by atoms with E-state index in [9.17, 15) is 4.79 Å². The van der Waals surface area contributed by atoms with Gasteiger partial charge in [0.1, 0.15) is 23.7 Å². The molecule has 20 heavy (non-hydrogen) atoms. The van der Waals surface area contributed by atoms with Crippen LogP contribution in [-0.4, -0.2) is 23.2 Å². The van der Waals surface area contributed by atoms with E-state index in [1.807, 2.05) is 0 Å². The fourth-order valence-electron chi connectivity index (χ4n) is 1.65. The number of hydrogen-bond acceptors (Lipinski definition) is 4. The first-order valence-corrected chi connectivity index (χ1v) is 6.11. The summed E-state index contributed by atoms with van der Waals surface area (Å²) in [6, 6.07) is 6.48. The highest BCUT2D eigenvalue weighted by atomic mass is 35.5. The monoisotopic (exact) mass is 293 g/mol. The molecule has 0 saturated heterocycles. The van der Waals surface area contributed by atoms with Crippen molar-refractivity contribution in [1.82, 2.24) is 4.98 Å². The largest absolute Gasteiger partial charge is 0.496 e. The highest BCUT2D eigenvalue weighted by Crippen LogP contribution is 2.21. The average molecular weight is 294 g/mol. The number of benzene rings is 1. The molecule has 0 radical (unpaired) electrons. The van der Waals surface area contributed by atoms with Crippen molar-refractivity contribution >= 4 is 17.6 Å². The number of rotatable bonds is 5. The number of ether oxygens (including phenoxy) is 2. The van der Waals surface area contributed by atoms with Crippen molar-refractivity contribution in [1.29, 1.82) is 0 Å². The molecule has 6 heteroatoms. The van der Waals surface area contributed by atoms with E-state index in [1.165, 1.54) is 25.6 Å². The van der Waals surface area contributed by atoms with Crippen LogP contribution in [0.1, 0.15) is 15.9 Å². The van der Waals surface area contributed by atoms with Crippen LogP contribution in [0.25, 0.3) is 0 Å². The first-order valence-electron chi connectivity index (χ1n) is 5.73. The van der Waals surface area contributed by atoms with Gasteiger partial charge in [-0.1, -0.05) is 17.7 Å². The zero-order chi connectivity index (χ0) is 14.5. The molecule has 0 atom stereocenters. The van der Waals surface area contributed by atoms with E-state index in [0.717, 1.165) is 0 Å². The molecular weight excluding hydrogens is 282 g/mol. The van der Waals surface area contributed by atoms with Crippen LogP contribution in [0, 0.1) is 0 Å². The highest BCUT2D eigenvalue weighted by Gasteiger charge is 2.11. The van der Waals surface area contributed by atoms with Gasteiger partial charge in [-0.25, -0.2) is 4.79 Å². The van der Waals surface area contributed by atoms with Crippen molar-refractivity contribution in [2.75, 3.05) is 7.11 Å². The molecule has 1 aromatic carbocycles. The zero-order valence-corrected chi connectivity index (χ0v) is 11.4. The van der Waals surface area contributed by atoms with Crippen molar-refractivity contribution in [2.24, 2.45) is 0 Å². The summed E-state index contributed by atoms with van der Waals surface area (Å²) in [7, 11) is 1.43. The molecule has 0 aliphatic rings. The molecule has 0 amide bonds. The normalized spacial score (nSPS) is 10.1. The van der Waals surface area contributed by atoms with Crippen LogP contribution in [0.3, 0.4) is 0 Å². The van der Waals surface area contributed by atoms with E-state index < -0.39 is 5.97 Å². The van der Waals surface area contributed by atoms with Gasteiger partial charge in [0.15, 0.2) is 0 Å². The third-order valence-corrected chi connectivity index (χ3v) is 2.79. The summed E-state index contributed by atoms with van der Waals surface area (Å²) < 4.78 is 10.5. The van der Waals surface area contributed by atoms with Gasteiger partial charge in [0, 0.05) is 12.3 Å². The van der Waals surface area contributed by atoms with Crippen molar-refractivity contribution in [2.45, 2.75) is 6.61 Å². The van der Waals surface area contributed by atoms with E-state index in [4.69, 9.17) is 26.2 Å². The van der Waals surface area contributed by atoms with Gasteiger partial charge in [-0.05, 0) is 17.7 Å². The van der Waals surface area contributed by atoms with Crippen molar-refractivity contribution in [3.63, 3.8) is 0 Å². The van der Waals surface area contributed by atoms with Gasteiger partial charge in [0.2, 0.25) is 0 Å². The predicted molar refractivity (Wildman–Crippen MR) is 73.5 cm³/mol. The van der Waals surface area contributed by atoms with Gasteiger partial charge in [-0.3, -0.25) is 4.98 Å². The first-order chi connectivity index (χ1) is 9.60. The molecule has 0 bridgehead atoms. The molecule has 0 unspecified atom stereocenters. The van der Waals surface area contributed by atoms with Crippen LogP contribution in [0.2, 0.25) is 5.02 Å². The number of hydrogen-bond donors (Lipinski definition) is 1. The topological polar surface area (TPSA) is 68.7 Å². The Kier molecular flexibility index (Phi) is 4.42. The summed E-state index contributed by atoms with van der Waals surface area (Å²) in [4.78, 5) is 15.0. The Balaban J connectivity index is 2.14. The summed E-state index contributed by atoms with van der Waals surface area (Å²) >= 11 is 5.80. The minimum atomic E-state index is -1.05. The summed E-state index contributed by atoms with van der Waals surface area (Å²) in [6.07, 6.45) is 3.04. The third kappa shape index (κ3) is 3.39. The lowest BCUT2D eigenvalue weighted by Gasteiger charge is -2.09. The van der Waals surface area contributed by atoms with Gasteiger partial charge < -0.3 is 14.6 Å². The molecule has 104 valence electrons. The number of pyridine rings is 1. The Morgan fingerprint density at radius 3 is 2.80 bits per heavy atom. The van der Waals surface area contributed by atoms with Crippen molar-refractivity contribution in [3.05, 3.63) is 52.8 Å². The molecule has 1 heterocycles. The molecule has 0 aliphatic carbocycles. The molecule has 5 nitrogen and oxygen atoms in total. The van der Waals surface area contributed by atoms with Crippen molar-refractivity contribution in [3.8, 4) is 11.5 Å². The molecule has 0 fully saturated rings. The number of carbonyl (C=O) groups is 1. The molecule has 0 spiro atoms. The van der Waals surface area contributed by atoms with E-state index in [1.54, 1.807) is 18.2 Å². The summed E-state index contributed by atoms with van der Waals surface area (Å²) in [6.45, 7) is 0.215. The second-order valence-corrected chi connectivity index (χ2v) is 4.40. The lowest BCUT2D eigenvalue weighted by atomic mass is 10.1. The Labute approximate surface area is 120 Å². The molecule has 2 aromatic rings. The third-order valence-electron chi connectivity index (χ3n) is 2.58. The number of carboxylic acids is 1. The summed E-state index contributed by atoms with van der Waals surface area (Å²) in [5.74, 6) is -0.219. The standard InChI is InChI=1S/C14H12ClNO4/c1-19-13-3-2-9(4-12(13)14(17)18)8-20-11-5-10(15)6-16-7-11/h2-7H,8H2,1H3,(H,17,18). The molecule has 2 rings (SSSR count). The van der Waals surface area contributed by atoms with Gasteiger partial charge in [0.25, 0.3) is 0 Å². The van der Waals surface area contributed by atoms with Crippen molar-refractivity contribution < 1.29 is 19.4 Å². The maximum atomic E-state index is 11.1. The Bertz CT molecular complexity index is 630. The van der Waals surface area contributed by atoms with E-state index in [2.05, 4.69) is 4.98 Å². The van der Waals surface area contributed by atoms with Gasteiger partial charge in [-0.15, -0.1) is 0 Å². The smallest absolute Gasteiger partial charge is 0.339 e. The SMILES string of the molecule is COc1ccc(COc2cncc(Cl)c2)cc1C(=O)O. The zero-order valence-electron chi connectivity index (χ0n) is 10.7. The molecule has 0 aliphatic heterocycles. The van der Waals surface area contributed by atoms with Crippen LogP contribution in [0.4, 0.5) is 0 Å². The minimum absolute atomic E-state index is 0.0952. The number of nitrogens with zero attached hydrogens (tertiary/aromatic N) is 1. The predicted octanol–water partition coefficient (Wildman–Crippen LogP) is 3.02. The quantitative estimate of drug-likeness (QED) is 0.917. The molecular formula is C14H12ClNO4. The lowest BCUT2D eigenvalue weighted by molar-refractivity contribution is 0.0693. The highest BCUT2D eigenvalue weighted by molar-refractivity contribution is 6.30. The number of aromatic nitrogens is 1. The van der Waals surface area contributed by atoms with Crippen LogP contribution in [0.5, 0.6) is 11.5 Å². The van der Waals surface area contributed by atoms with E-state index in [0.29, 0.717) is 22.1 Å². The van der Waals surface area contributed by atoms with Gasteiger partial charge in [-0.2, -0.15) is 0 Å². The molecule has 1 aromatic heterocycles. The molecule has 1 N–H and O–H groups in total. The number of carboxylic acid groups (broad SMARTS) is 1. The van der Waals surface area contributed by atoms with Crippen LogP contribution in [0.15, 0.2) is 36.7 Å². The van der Waals surface area contributed by atoms with Gasteiger partial charge in [0.05, 0.1) is 18.3 Å². The van der Waals surface area contributed by atoms with E-state index >= 15 is 0 Å². The van der Waals surface area contributed by atoms with Gasteiger partial charge >= 0.3 is 5.97 Å².